The number of nitriles is 1. The molecule has 0 bridgehead atoms. The molecule has 0 aliphatic rings. The Morgan fingerprint density at radius 3 is 2.45 bits per heavy atom. The van der Waals surface area contributed by atoms with Gasteiger partial charge in [0.2, 0.25) is 0 Å². The molecule has 0 unspecified atom stereocenters. The molecule has 3 heteroatoms. The van der Waals surface area contributed by atoms with Crippen LogP contribution in [0.1, 0.15) is 25.1 Å². The number of rotatable bonds is 2. The standard InChI is InChI=1S/C19H16N2O/c1-3-13(2)19-17(12-20)16-6-4-5-7-18(16)21(19)14-8-10-15(22)11-9-14/h3-11,22H,1-2H3. The summed E-state index contributed by atoms with van der Waals surface area (Å²) in [6.07, 6.45) is 2.01. The highest BCUT2D eigenvalue weighted by atomic mass is 16.3. The number of allylic oxidation sites excluding steroid dienone is 2. The van der Waals surface area contributed by atoms with Gasteiger partial charge in [0.05, 0.1) is 16.8 Å². The number of benzene rings is 2. The Hall–Kier alpha value is -2.99. The van der Waals surface area contributed by atoms with Crippen molar-refractivity contribution in [2.45, 2.75) is 13.8 Å². The topological polar surface area (TPSA) is 49.0 Å². The molecule has 108 valence electrons. The van der Waals surface area contributed by atoms with Crippen LogP contribution >= 0.6 is 0 Å². The van der Waals surface area contributed by atoms with Crippen molar-refractivity contribution in [3.63, 3.8) is 0 Å². The highest BCUT2D eigenvalue weighted by molar-refractivity contribution is 5.94. The van der Waals surface area contributed by atoms with Gasteiger partial charge >= 0.3 is 0 Å². The Balaban J connectivity index is 2.47. The maximum Gasteiger partial charge on any atom is 0.115 e. The van der Waals surface area contributed by atoms with Crippen molar-refractivity contribution in [2.75, 3.05) is 0 Å². The fourth-order valence-electron chi connectivity index (χ4n) is 2.73. The first-order valence-corrected chi connectivity index (χ1v) is 7.13. The molecule has 3 rings (SSSR count). The first-order chi connectivity index (χ1) is 10.7. The number of para-hydroxylation sites is 1. The zero-order valence-corrected chi connectivity index (χ0v) is 12.5. The molecule has 0 saturated carbocycles. The summed E-state index contributed by atoms with van der Waals surface area (Å²) in [7, 11) is 0. The first-order valence-electron chi connectivity index (χ1n) is 7.13. The molecule has 0 atom stereocenters. The molecule has 3 aromatic rings. The summed E-state index contributed by atoms with van der Waals surface area (Å²) in [5.41, 5.74) is 4.53. The van der Waals surface area contributed by atoms with Crippen LogP contribution in [0.5, 0.6) is 5.75 Å². The number of aromatic hydroxyl groups is 1. The minimum absolute atomic E-state index is 0.227. The van der Waals surface area contributed by atoms with E-state index in [1.165, 1.54) is 0 Å². The summed E-state index contributed by atoms with van der Waals surface area (Å²) >= 11 is 0. The van der Waals surface area contributed by atoms with E-state index < -0.39 is 0 Å². The summed E-state index contributed by atoms with van der Waals surface area (Å²) in [5.74, 6) is 0.227. The molecule has 1 N–H and O–H groups in total. The molecule has 0 aliphatic carbocycles. The Bertz CT molecular complexity index is 909. The van der Waals surface area contributed by atoms with Crippen LogP contribution in [0.15, 0.2) is 54.6 Å². The Morgan fingerprint density at radius 1 is 1.14 bits per heavy atom. The van der Waals surface area contributed by atoms with Gasteiger partial charge in [-0.3, -0.25) is 0 Å². The number of phenols is 1. The van der Waals surface area contributed by atoms with Gasteiger partial charge in [0.1, 0.15) is 11.8 Å². The SMILES string of the molecule is CC=C(C)c1c(C#N)c2ccccc2n1-c1ccc(O)cc1. The largest absolute Gasteiger partial charge is 0.508 e. The second-order valence-corrected chi connectivity index (χ2v) is 5.18. The Morgan fingerprint density at radius 2 is 1.82 bits per heavy atom. The second-order valence-electron chi connectivity index (χ2n) is 5.18. The van der Waals surface area contributed by atoms with Gasteiger partial charge in [-0.1, -0.05) is 24.3 Å². The van der Waals surface area contributed by atoms with Gasteiger partial charge < -0.3 is 9.67 Å². The van der Waals surface area contributed by atoms with E-state index in [4.69, 9.17) is 0 Å². The fraction of sp³-hybridized carbons (Fsp3) is 0.105. The van der Waals surface area contributed by atoms with Crippen molar-refractivity contribution < 1.29 is 5.11 Å². The molecule has 0 fully saturated rings. The van der Waals surface area contributed by atoms with Gasteiger partial charge in [0, 0.05) is 11.1 Å². The number of aromatic nitrogens is 1. The van der Waals surface area contributed by atoms with Gasteiger partial charge in [-0.25, -0.2) is 0 Å². The average molecular weight is 288 g/mol. The molecular formula is C19H16N2O. The smallest absolute Gasteiger partial charge is 0.115 e. The van der Waals surface area contributed by atoms with Crippen molar-refractivity contribution in [1.82, 2.24) is 4.57 Å². The van der Waals surface area contributed by atoms with Crippen LogP contribution < -0.4 is 0 Å². The molecule has 1 heterocycles. The van der Waals surface area contributed by atoms with Crippen LogP contribution in [-0.2, 0) is 0 Å². The lowest BCUT2D eigenvalue weighted by Crippen LogP contribution is -1.99. The number of phenolic OH excluding ortho intramolecular Hbond substituents is 1. The molecule has 0 saturated heterocycles. The number of nitrogens with zero attached hydrogens (tertiary/aromatic N) is 2. The Labute approximate surface area is 129 Å². The molecule has 0 amide bonds. The molecular weight excluding hydrogens is 272 g/mol. The van der Waals surface area contributed by atoms with Crippen molar-refractivity contribution >= 4 is 16.5 Å². The van der Waals surface area contributed by atoms with Crippen LogP contribution in [0.4, 0.5) is 0 Å². The molecule has 1 aromatic heterocycles. The zero-order chi connectivity index (χ0) is 15.7. The molecule has 0 aliphatic heterocycles. The fourth-order valence-corrected chi connectivity index (χ4v) is 2.73. The van der Waals surface area contributed by atoms with Crippen molar-refractivity contribution in [1.29, 1.82) is 5.26 Å². The van der Waals surface area contributed by atoms with E-state index in [9.17, 15) is 10.4 Å². The summed E-state index contributed by atoms with van der Waals surface area (Å²) < 4.78 is 2.07. The summed E-state index contributed by atoms with van der Waals surface area (Å²) in [5, 5.41) is 20.1. The first kappa shape index (κ1) is 14.0. The van der Waals surface area contributed by atoms with E-state index in [1.807, 2.05) is 56.3 Å². The lowest BCUT2D eigenvalue weighted by Gasteiger charge is -2.11. The number of hydrogen-bond donors (Lipinski definition) is 1. The van der Waals surface area contributed by atoms with Crippen LogP contribution in [0.3, 0.4) is 0 Å². The quantitative estimate of drug-likeness (QED) is 0.747. The van der Waals surface area contributed by atoms with Crippen LogP contribution in [0.2, 0.25) is 0 Å². The second kappa shape index (κ2) is 5.42. The van der Waals surface area contributed by atoms with Gasteiger partial charge in [-0.2, -0.15) is 5.26 Å². The average Bonchev–Trinajstić information content (AvgIpc) is 2.89. The molecule has 3 nitrogen and oxygen atoms in total. The van der Waals surface area contributed by atoms with Crippen LogP contribution in [0, 0.1) is 11.3 Å². The van der Waals surface area contributed by atoms with E-state index in [-0.39, 0.29) is 5.75 Å². The van der Waals surface area contributed by atoms with E-state index in [0.717, 1.165) is 27.9 Å². The monoisotopic (exact) mass is 288 g/mol. The minimum Gasteiger partial charge on any atom is -0.508 e. The van der Waals surface area contributed by atoms with Crippen molar-refractivity contribution in [3.8, 4) is 17.5 Å². The predicted molar refractivity (Wildman–Crippen MR) is 89.0 cm³/mol. The zero-order valence-electron chi connectivity index (χ0n) is 12.5. The lowest BCUT2D eigenvalue weighted by molar-refractivity contribution is 0.475. The summed E-state index contributed by atoms with van der Waals surface area (Å²) in [4.78, 5) is 0. The van der Waals surface area contributed by atoms with Gasteiger partial charge in [-0.05, 0) is 49.8 Å². The molecule has 0 radical (unpaired) electrons. The van der Waals surface area contributed by atoms with Crippen LogP contribution in [-0.4, -0.2) is 9.67 Å². The minimum atomic E-state index is 0.227. The van der Waals surface area contributed by atoms with E-state index >= 15 is 0 Å². The summed E-state index contributed by atoms with van der Waals surface area (Å²) in [6.45, 7) is 3.97. The number of fused-ring (bicyclic) bond motifs is 1. The van der Waals surface area contributed by atoms with Gasteiger partial charge in [0.15, 0.2) is 0 Å². The van der Waals surface area contributed by atoms with Crippen molar-refractivity contribution in [2.24, 2.45) is 0 Å². The highest BCUT2D eigenvalue weighted by Gasteiger charge is 2.18. The number of hydrogen-bond acceptors (Lipinski definition) is 2. The Kier molecular flexibility index (Phi) is 3.44. The summed E-state index contributed by atoms with van der Waals surface area (Å²) in [6, 6.07) is 17.3. The third kappa shape index (κ3) is 2.06. The molecule has 22 heavy (non-hydrogen) atoms. The lowest BCUT2D eigenvalue weighted by atomic mass is 10.1. The van der Waals surface area contributed by atoms with Crippen LogP contribution in [0.25, 0.3) is 22.2 Å². The third-order valence-corrected chi connectivity index (χ3v) is 3.90. The van der Waals surface area contributed by atoms with Gasteiger partial charge in [0.25, 0.3) is 0 Å². The van der Waals surface area contributed by atoms with E-state index in [2.05, 4.69) is 10.6 Å². The molecule has 0 spiro atoms. The predicted octanol–water partition coefficient (Wildman–Crippen LogP) is 4.63. The van der Waals surface area contributed by atoms with E-state index in [0.29, 0.717) is 5.56 Å². The maximum atomic E-state index is 9.63. The van der Waals surface area contributed by atoms with Gasteiger partial charge in [-0.15, -0.1) is 0 Å². The van der Waals surface area contributed by atoms with Crippen molar-refractivity contribution in [3.05, 3.63) is 65.9 Å². The molecule has 2 aromatic carbocycles. The third-order valence-electron chi connectivity index (χ3n) is 3.90. The normalized spacial score (nSPS) is 11.6. The van der Waals surface area contributed by atoms with E-state index in [1.54, 1.807) is 12.1 Å². The maximum absolute atomic E-state index is 9.63. The highest BCUT2D eigenvalue weighted by Crippen LogP contribution is 2.33.